The fraction of sp³-hybridized carbons (Fsp3) is 0.400. The van der Waals surface area contributed by atoms with Crippen LogP contribution in [-0.2, 0) is 16.4 Å². The van der Waals surface area contributed by atoms with Crippen molar-refractivity contribution in [3.63, 3.8) is 0 Å². The summed E-state index contributed by atoms with van der Waals surface area (Å²) in [5.41, 5.74) is 2.19. The van der Waals surface area contributed by atoms with Gasteiger partial charge < -0.3 is 0 Å². The number of hydrogen-bond donors (Lipinski definition) is 1. The molecule has 134 valence electrons. The van der Waals surface area contributed by atoms with Gasteiger partial charge in [0.05, 0.1) is 4.90 Å². The summed E-state index contributed by atoms with van der Waals surface area (Å²) in [4.78, 5) is 2.75. The molecule has 1 atom stereocenters. The van der Waals surface area contributed by atoms with Gasteiger partial charge in [0.1, 0.15) is 0 Å². The van der Waals surface area contributed by atoms with Crippen LogP contribution in [0.5, 0.6) is 0 Å². The van der Waals surface area contributed by atoms with Crippen LogP contribution in [0.25, 0.3) is 0 Å². The Morgan fingerprint density at radius 1 is 1.04 bits per heavy atom. The van der Waals surface area contributed by atoms with E-state index in [9.17, 15) is 8.42 Å². The Morgan fingerprint density at radius 3 is 2.44 bits per heavy atom. The lowest BCUT2D eigenvalue weighted by Gasteiger charge is -2.28. The van der Waals surface area contributed by atoms with E-state index >= 15 is 0 Å². The molecule has 1 N–H and O–H groups in total. The van der Waals surface area contributed by atoms with Crippen molar-refractivity contribution in [3.05, 3.63) is 65.7 Å². The van der Waals surface area contributed by atoms with Crippen LogP contribution in [0.15, 0.2) is 59.5 Å². The quantitative estimate of drug-likeness (QED) is 0.828. The molecule has 2 aromatic rings. The smallest absolute Gasteiger partial charge is 0.240 e. The van der Waals surface area contributed by atoms with E-state index in [1.807, 2.05) is 31.2 Å². The van der Waals surface area contributed by atoms with Crippen molar-refractivity contribution in [1.82, 2.24) is 9.62 Å². The van der Waals surface area contributed by atoms with E-state index < -0.39 is 10.0 Å². The maximum atomic E-state index is 12.6. The first kappa shape index (κ1) is 18.1. The summed E-state index contributed by atoms with van der Waals surface area (Å²) < 4.78 is 28.1. The summed E-state index contributed by atoms with van der Waals surface area (Å²) in [5.74, 6) is 0. The second-order valence-corrected chi connectivity index (χ2v) is 8.52. The average Bonchev–Trinajstić information content (AvgIpc) is 3.14. The highest BCUT2D eigenvalue weighted by Gasteiger charge is 2.24. The van der Waals surface area contributed by atoms with Gasteiger partial charge in [-0.2, -0.15) is 0 Å². The van der Waals surface area contributed by atoms with E-state index in [1.54, 1.807) is 18.2 Å². The second kappa shape index (κ2) is 8.13. The first-order valence-corrected chi connectivity index (χ1v) is 10.4. The van der Waals surface area contributed by atoms with E-state index in [1.165, 1.54) is 18.4 Å². The standard InChI is InChI=1S/C20H26N2O2S/c1-17-8-7-11-20(14-17)25(23,24)21-16-19(22-12-5-6-13-22)15-18-9-3-2-4-10-18/h2-4,7-11,14,19,21H,5-6,12-13,15-16H2,1H3. The van der Waals surface area contributed by atoms with Gasteiger partial charge in [-0.25, -0.2) is 13.1 Å². The van der Waals surface area contributed by atoms with Crippen molar-refractivity contribution in [2.45, 2.75) is 37.1 Å². The van der Waals surface area contributed by atoms with E-state index in [0.717, 1.165) is 25.1 Å². The molecular weight excluding hydrogens is 332 g/mol. The summed E-state index contributed by atoms with van der Waals surface area (Å²) in [7, 11) is -3.48. The molecule has 4 nitrogen and oxygen atoms in total. The lowest BCUT2D eigenvalue weighted by molar-refractivity contribution is 0.241. The summed E-state index contributed by atoms with van der Waals surface area (Å²) in [5, 5.41) is 0. The average molecular weight is 359 g/mol. The predicted octanol–water partition coefficient (Wildman–Crippen LogP) is 2.98. The molecule has 1 heterocycles. The Morgan fingerprint density at radius 2 is 1.76 bits per heavy atom. The molecule has 0 spiro atoms. The number of nitrogens with one attached hydrogen (secondary N) is 1. The second-order valence-electron chi connectivity index (χ2n) is 6.76. The molecule has 1 fully saturated rings. The number of hydrogen-bond acceptors (Lipinski definition) is 3. The van der Waals surface area contributed by atoms with Crippen LogP contribution in [0.4, 0.5) is 0 Å². The Balaban J connectivity index is 1.71. The van der Waals surface area contributed by atoms with Gasteiger partial charge in [-0.15, -0.1) is 0 Å². The minimum Gasteiger partial charge on any atom is -0.299 e. The van der Waals surface area contributed by atoms with E-state index in [0.29, 0.717) is 11.4 Å². The van der Waals surface area contributed by atoms with Gasteiger partial charge >= 0.3 is 0 Å². The van der Waals surface area contributed by atoms with Crippen molar-refractivity contribution in [1.29, 1.82) is 0 Å². The van der Waals surface area contributed by atoms with Crippen LogP contribution < -0.4 is 4.72 Å². The molecule has 0 aromatic heterocycles. The van der Waals surface area contributed by atoms with Crippen molar-refractivity contribution in [2.75, 3.05) is 19.6 Å². The molecule has 0 aliphatic carbocycles. The van der Waals surface area contributed by atoms with Gasteiger partial charge in [0.15, 0.2) is 0 Å². The normalized spacial score (nSPS) is 16.8. The molecule has 2 aromatic carbocycles. The molecule has 1 unspecified atom stereocenters. The van der Waals surface area contributed by atoms with E-state index in [-0.39, 0.29) is 6.04 Å². The van der Waals surface area contributed by atoms with Crippen LogP contribution in [0, 0.1) is 6.92 Å². The SMILES string of the molecule is Cc1cccc(S(=O)(=O)NCC(Cc2ccccc2)N2CCCC2)c1. The molecule has 0 amide bonds. The zero-order valence-electron chi connectivity index (χ0n) is 14.7. The summed E-state index contributed by atoms with van der Waals surface area (Å²) in [6.45, 7) is 4.43. The molecule has 1 aliphatic rings. The summed E-state index contributed by atoms with van der Waals surface area (Å²) in [6.07, 6.45) is 3.24. The lowest BCUT2D eigenvalue weighted by Crippen LogP contribution is -2.43. The van der Waals surface area contributed by atoms with Crippen LogP contribution in [-0.4, -0.2) is 39.0 Å². The summed E-state index contributed by atoms with van der Waals surface area (Å²) in [6, 6.07) is 17.5. The van der Waals surface area contributed by atoms with Gasteiger partial charge in [0.25, 0.3) is 0 Å². The van der Waals surface area contributed by atoms with Crippen LogP contribution >= 0.6 is 0 Å². The number of benzene rings is 2. The molecule has 25 heavy (non-hydrogen) atoms. The third-order valence-electron chi connectivity index (χ3n) is 4.78. The highest BCUT2D eigenvalue weighted by atomic mass is 32.2. The van der Waals surface area contributed by atoms with E-state index in [4.69, 9.17) is 0 Å². The predicted molar refractivity (Wildman–Crippen MR) is 101 cm³/mol. The highest BCUT2D eigenvalue weighted by molar-refractivity contribution is 7.89. The van der Waals surface area contributed by atoms with Gasteiger partial charge in [-0.1, -0.05) is 42.5 Å². The molecule has 5 heteroatoms. The minimum atomic E-state index is -3.48. The Hall–Kier alpha value is -1.69. The number of sulfonamides is 1. The van der Waals surface area contributed by atoms with Crippen LogP contribution in [0.2, 0.25) is 0 Å². The van der Waals surface area contributed by atoms with Gasteiger partial charge in [-0.3, -0.25) is 4.90 Å². The van der Waals surface area contributed by atoms with Crippen molar-refractivity contribution in [2.24, 2.45) is 0 Å². The lowest BCUT2D eigenvalue weighted by atomic mass is 10.1. The molecule has 0 saturated carbocycles. The number of aryl methyl sites for hydroxylation is 1. The third-order valence-corrected chi connectivity index (χ3v) is 6.20. The van der Waals surface area contributed by atoms with Crippen molar-refractivity contribution < 1.29 is 8.42 Å². The minimum absolute atomic E-state index is 0.185. The molecule has 1 saturated heterocycles. The zero-order valence-corrected chi connectivity index (χ0v) is 15.5. The first-order valence-electron chi connectivity index (χ1n) is 8.89. The molecule has 1 aliphatic heterocycles. The number of likely N-dealkylation sites (tertiary alicyclic amines) is 1. The Kier molecular flexibility index (Phi) is 5.89. The first-order chi connectivity index (χ1) is 12.0. The Labute approximate surface area is 150 Å². The fourth-order valence-electron chi connectivity index (χ4n) is 3.40. The van der Waals surface area contributed by atoms with Gasteiger partial charge in [0.2, 0.25) is 10.0 Å². The van der Waals surface area contributed by atoms with Crippen LogP contribution in [0.1, 0.15) is 24.0 Å². The van der Waals surface area contributed by atoms with Gasteiger partial charge in [0, 0.05) is 12.6 Å². The fourth-order valence-corrected chi connectivity index (χ4v) is 4.57. The van der Waals surface area contributed by atoms with E-state index in [2.05, 4.69) is 21.8 Å². The van der Waals surface area contributed by atoms with Crippen molar-refractivity contribution in [3.8, 4) is 0 Å². The number of rotatable bonds is 7. The summed E-state index contributed by atoms with van der Waals surface area (Å²) >= 11 is 0. The third kappa shape index (κ3) is 4.91. The molecule has 3 rings (SSSR count). The monoisotopic (exact) mass is 358 g/mol. The molecule has 0 radical (unpaired) electrons. The number of nitrogens with zero attached hydrogens (tertiary/aromatic N) is 1. The zero-order chi connectivity index (χ0) is 17.7. The maximum Gasteiger partial charge on any atom is 0.240 e. The topological polar surface area (TPSA) is 49.4 Å². The highest BCUT2D eigenvalue weighted by Crippen LogP contribution is 2.17. The van der Waals surface area contributed by atoms with Gasteiger partial charge in [-0.05, 0) is 62.5 Å². The van der Waals surface area contributed by atoms with Crippen molar-refractivity contribution >= 4 is 10.0 Å². The largest absolute Gasteiger partial charge is 0.299 e. The molecular formula is C20H26N2O2S. The van der Waals surface area contributed by atoms with Crippen LogP contribution in [0.3, 0.4) is 0 Å². The molecule has 0 bridgehead atoms. The maximum absolute atomic E-state index is 12.6. The Bertz CT molecular complexity index is 784.